The lowest BCUT2D eigenvalue weighted by atomic mass is 9.77. The van der Waals surface area contributed by atoms with E-state index < -0.39 is 0 Å². The second kappa shape index (κ2) is 9.93. The third kappa shape index (κ3) is 4.61. The van der Waals surface area contributed by atoms with Crippen molar-refractivity contribution in [3.05, 3.63) is 92.4 Å². The Morgan fingerprint density at radius 1 is 1.06 bits per heavy atom. The highest BCUT2D eigenvalue weighted by Crippen LogP contribution is 2.40. The number of hydrogen-bond acceptors (Lipinski definition) is 4. The molecule has 2 atom stereocenters. The molecule has 1 aliphatic heterocycles. The summed E-state index contributed by atoms with van der Waals surface area (Å²) in [5.41, 5.74) is 2.42. The number of nitrogens with one attached hydrogen (secondary N) is 1. The van der Waals surface area contributed by atoms with Gasteiger partial charge in [-0.3, -0.25) is 9.59 Å². The van der Waals surface area contributed by atoms with Crippen molar-refractivity contribution in [2.75, 3.05) is 14.2 Å². The minimum Gasteiger partial charge on any atom is -0.493 e. The number of carbonyl (C=O) groups excluding carboxylic acids is 2. The molecule has 33 heavy (non-hydrogen) atoms. The van der Waals surface area contributed by atoms with E-state index in [0.29, 0.717) is 21.5 Å². The van der Waals surface area contributed by atoms with Gasteiger partial charge >= 0.3 is 0 Å². The quantitative estimate of drug-likeness (QED) is 0.370. The Kier molecular flexibility index (Phi) is 7.00. The number of fused-ring (bicyclic) bond motifs is 1. The Morgan fingerprint density at radius 2 is 1.82 bits per heavy atom. The van der Waals surface area contributed by atoms with Crippen LogP contribution < -0.4 is 14.8 Å². The molecule has 1 heterocycles. The smallest absolute Gasteiger partial charge is 0.256 e. The topological polar surface area (TPSA) is 64.6 Å². The molecule has 0 fully saturated rings. The van der Waals surface area contributed by atoms with E-state index in [2.05, 4.69) is 37.2 Å². The Labute approximate surface area is 209 Å². The maximum absolute atomic E-state index is 13.4. The molecule has 5 nitrogen and oxygen atoms in total. The van der Waals surface area contributed by atoms with Crippen LogP contribution in [0, 0.1) is 5.92 Å². The second-order valence-electron chi connectivity index (χ2n) is 7.49. The molecule has 4 rings (SSSR count). The summed E-state index contributed by atoms with van der Waals surface area (Å²) >= 11 is 7.04. The molecule has 1 amide bonds. The van der Waals surface area contributed by atoms with Crippen molar-refractivity contribution in [3.8, 4) is 11.5 Å². The molecule has 0 unspecified atom stereocenters. The lowest BCUT2D eigenvalue weighted by Gasteiger charge is -2.34. The van der Waals surface area contributed by atoms with Crippen LogP contribution in [0.2, 0.25) is 0 Å². The van der Waals surface area contributed by atoms with E-state index >= 15 is 0 Å². The van der Waals surface area contributed by atoms with Crippen molar-refractivity contribution in [3.63, 3.8) is 0 Å². The highest BCUT2D eigenvalue weighted by atomic mass is 79.9. The van der Waals surface area contributed by atoms with Crippen molar-refractivity contribution >= 4 is 55.2 Å². The third-order valence-electron chi connectivity index (χ3n) is 5.58. The zero-order chi connectivity index (χ0) is 23.5. The molecule has 0 saturated heterocycles. The van der Waals surface area contributed by atoms with Gasteiger partial charge in [0.1, 0.15) is 0 Å². The molecule has 0 saturated carbocycles. The van der Waals surface area contributed by atoms with Crippen LogP contribution in [0.25, 0.3) is 11.6 Å². The molecular formula is C26H21Br2NO4. The standard InChI is InChI=1S/C26H21Br2NO4/c1-32-21-13-9-16(24(28)25(21)33-2)8-12-20(30)23-22(15-6-4-3-5-7-15)18-14-17(27)10-11-19(18)29-26(23)31/h3-14,18-19H,1-2H3,(H,29,31)/b12-8+/t18-,19-/m1/s1. The summed E-state index contributed by atoms with van der Waals surface area (Å²) < 4.78 is 12.3. The molecule has 2 aromatic carbocycles. The summed E-state index contributed by atoms with van der Waals surface area (Å²) in [6, 6.07) is 12.9. The maximum Gasteiger partial charge on any atom is 0.256 e. The van der Waals surface area contributed by atoms with Gasteiger partial charge in [-0.05, 0) is 56.9 Å². The molecule has 2 aliphatic rings. The molecule has 168 valence electrons. The first kappa shape index (κ1) is 23.3. The van der Waals surface area contributed by atoms with E-state index in [1.165, 1.54) is 6.08 Å². The molecule has 0 spiro atoms. The number of ether oxygens (including phenoxy) is 2. The Morgan fingerprint density at radius 3 is 2.52 bits per heavy atom. The second-order valence-corrected chi connectivity index (χ2v) is 9.20. The lowest BCUT2D eigenvalue weighted by Crippen LogP contribution is -2.46. The minimum atomic E-state index is -0.382. The van der Waals surface area contributed by atoms with Crippen LogP contribution in [0.15, 0.2) is 81.3 Å². The summed E-state index contributed by atoms with van der Waals surface area (Å²) in [6.07, 6.45) is 8.95. The summed E-state index contributed by atoms with van der Waals surface area (Å²) in [7, 11) is 3.11. The fourth-order valence-electron chi connectivity index (χ4n) is 4.04. The van der Waals surface area contributed by atoms with Crippen molar-refractivity contribution in [2.45, 2.75) is 6.04 Å². The Bertz CT molecular complexity index is 1230. The number of amides is 1. The van der Waals surface area contributed by atoms with Gasteiger partial charge in [0.15, 0.2) is 17.3 Å². The highest BCUT2D eigenvalue weighted by Gasteiger charge is 2.37. The Hall–Kier alpha value is -2.90. The van der Waals surface area contributed by atoms with Crippen LogP contribution in [-0.2, 0) is 9.59 Å². The number of allylic oxidation sites excluding steroid dienone is 3. The van der Waals surface area contributed by atoms with Gasteiger partial charge in [0.2, 0.25) is 0 Å². The number of rotatable bonds is 6. The fourth-order valence-corrected chi connectivity index (χ4v) is 5.10. The minimum absolute atomic E-state index is 0.141. The number of carbonyl (C=O) groups is 2. The van der Waals surface area contributed by atoms with E-state index in [1.807, 2.05) is 54.6 Å². The summed E-state index contributed by atoms with van der Waals surface area (Å²) in [6.45, 7) is 0. The third-order valence-corrected chi connectivity index (χ3v) is 6.92. The van der Waals surface area contributed by atoms with Gasteiger partial charge in [-0.25, -0.2) is 0 Å². The van der Waals surface area contributed by atoms with Crippen LogP contribution in [0.3, 0.4) is 0 Å². The first-order valence-corrected chi connectivity index (χ1v) is 11.8. The molecule has 7 heteroatoms. The monoisotopic (exact) mass is 569 g/mol. The molecule has 0 bridgehead atoms. The summed E-state index contributed by atoms with van der Waals surface area (Å²) in [5, 5.41) is 2.96. The number of halogens is 2. The van der Waals surface area contributed by atoms with Gasteiger partial charge in [-0.2, -0.15) is 0 Å². The van der Waals surface area contributed by atoms with Crippen LogP contribution in [-0.4, -0.2) is 32.0 Å². The van der Waals surface area contributed by atoms with Crippen molar-refractivity contribution in [1.82, 2.24) is 5.32 Å². The molecular weight excluding hydrogens is 550 g/mol. The molecule has 0 radical (unpaired) electrons. The van der Waals surface area contributed by atoms with E-state index in [9.17, 15) is 9.59 Å². The van der Waals surface area contributed by atoms with Crippen LogP contribution in [0.4, 0.5) is 0 Å². The molecule has 2 aromatic rings. The van der Waals surface area contributed by atoms with E-state index in [1.54, 1.807) is 26.4 Å². The van der Waals surface area contributed by atoms with E-state index in [-0.39, 0.29) is 29.2 Å². The molecule has 0 aromatic heterocycles. The number of methoxy groups -OCH3 is 2. The Balaban J connectivity index is 1.79. The van der Waals surface area contributed by atoms with Crippen molar-refractivity contribution in [1.29, 1.82) is 0 Å². The lowest BCUT2D eigenvalue weighted by molar-refractivity contribution is -0.121. The molecule has 1 aliphatic carbocycles. The average molecular weight is 571 g/mol. The zero-order valence-corrected chi connectivity index (χ0v) is 21.1. The van der Waals surface area contributed by atoms with Gasteiger partial charge in [0.05, 0.1) is 30.3 Å². The fraction of sp³-hybridized carbons (Fsp3) is 0.154. The summed E-state index contributed by atoms with van der Waals surface area (Å²) in [5.74, 6) is 0.184. The van der Waals surface area contributed by atoms with Crippen molar-refractivity contribution in [2.24, 2.45) is 5.92 Å². The highest BCUT2D eigenvalue weighted by molar-refractivity contribution is 9.12. The van der Waals surface area contributed by atoms with E-state index in [0.717, 1.165) is 15.6 Å². The zero-order valence-electron chi connectivity index (χ0n) is 18.0. The van der Waals surface area contributed by atoms with E-state index in [4.69, 9.17) is 9.47 Å². The van der Waals surface area contributed by atoms with Gasteiger partial charge in [0.25, 0.3) is 5.91 Å². The van der Waals surface area contributed by atoms with Gasteiger partial charge in [-0.1, -0.05) is 64.5 Å². The van der Waals surface area contributed by atoms with Gasteiger partial charge in [-0.15, -0.1) is 0 Å². The van der Waals surface area contributed by atoms with Gasteiger partial charge in [0, 0.05) is 10.4 Å². The predicted molar refractivity (Wildman–Crippen MR) is 136 cm³/mol. The first-order chi connectivity index (χ1) is 15.9. The largest absolute Gasteiger partial charge is 0.493 e. The number of ketones is 1. The van der Waals surface area contributed by atoms with Crippen LogP contribution in [0.5, 0.6) is 11.5 Å². The van der Waals surface area contributed by atoms with Crippen molar-refractivity contribution < 1.29 is 19.1 Å². The number of hydrogen-bond donors (Lipinski definition) is 1. The first-order valence-electron chi connectivity index (χ1n) is 10.2. The van der Waals surface area contributed by atoms with Gasteiger partial charge < -0.3 is 14.8 Å². The predicted octanol–water partition coefficient (Wildman–Crippen LogP) is 5.47. The average Bonchev–Trinajstić information content (AvgIpc) is 2.82. The number of benzene rings is 2. The SMILES string of the molecule is COc1ccc(/C=C/C(=O)C2=C(c3ccccc3)[C@@H]3C=C(Br)C=C[C@H]3NC2=O)c(Br)c1OC. The summed E-state index contributed by atoms with van der Waals surface area (Å²) in [4.78, 5) is 26.5. The maximum atomic E-state index is 13.4. The molecule has 1 N–H and O–H groups in total. The van der Waals surface area contributed by atoms with Crippen LogP contribution >= 0.6 is 31.9 Å². The normalized spacial score (nSPS) is 19.8. The van der Waals surface area contributed by atoms with Crippen LogP contribution in [0.1, 0.15) is 11.1 Å².